The Bertz CT molecular complexity index is 167. The Morgan fingerprint density at radius 3 is 2.50 bits per heavy atom. The van der Waals surface area contributed by atoms with E-state index in [2.05, 4.69) is 26.1 Å². The molecule has 16 heavy (non-hydrogen) atoms. The first-order chi connectivity index (χ1) is 7.83. The summed E-state index contributed by atoms with van der Waals surface area (Å²) in [5.41, 5.74) is 0. The summed E-state index contributed by atoms with van der Waals surface area (Å²) in [5.74, 6) is 1.96. The maximum Gasteiger partial charge on any atom is 0.00978 e. The molecular formula is C15H31N. The average Bonchev–Trinajstić information content (AvgIpc) is 2.34. The molecule has 1 aliphatic carbocycles. The molecule has 0 heterocycles. The maximum absolute atomic E-state index is 3.75. The molecule has 0 amide bonds. The molecule has 1 aliphatic rings. The van der Waals surface area contributed by atoms with Crippen molar-refractivity contribution >= 4 is 0 Å². The van der Waals surface area contributed by atoms with Crippen LogP contribution in [-0.4, -0.2) is 12.6 Å². The SMILES string of the molecule is CCCCC(NCC)C1CCCCC1CC. The molecule has 0 aromatic heterocycles. The zero-order chi connectivity index (χ0) is 11.8. The minimum atomic E-state index is 0.801. The molecule has 0 aromatic carbocycles. The van der Waals surface area contributed by atoms with Gasteiger partial charge in [0, 0.05) is 6.04 Å². The Kier molecular flexibility index (Phi) is 7.11. The summed E-state index contributed by atoms with van der Waals surface area (Å²) >= 11 is 0. The van der Waals surface area contributed by atoms with Crippen molar-refractivity contribution in [2.24, 2.45) is 11.8 Å². The van der Waals surface area contributed by atoms with Gasteiger partial charge in [0.1, 0.15) is 0 Å². The highest BCUT2D eigenvalue weighted by Crippen LogP contribution is 2.35. The normalized spacial score (nSPS) is 27.9. The first-order valence-corrected chi connectivity index (χ1v) is 7.56. The molecule has 0 saturated heterocycles. The molecule has 0 aromatic rings. The van der Waals surface area contributed by atoms with Gasteiger partial charge in [0.25, 0.3) is 0 Å². The highest BCUT2D eigenvalue weighted by Gasteiger charge is 2.29. The highest BCUT2D eigenvalue weighted by atomic mass is 14.9. The van der Waals surface area contributed by atoms with E-state index in [9.17, 15) is 0 Å². The number of hydrogen-bond donors (Lipinski definition) is 1. The lowest BCUT2D eigenvalue weighted by molar-refractivity contribution is 0.168. The molecule has 0 aliphatic heterocycles. The quantitative estimate of drug-likeness (QED) is 0.678. The van der Waals surface area contributed by atoms with E-state index in [4.69, 9.17) is 0 Å². The topological polar surface area (TPSA) is 12.0 Å². The summed E-state index contributed by atoms with van der Waals surface area (Å²) < 4.78 is 0. The predicted octanol–water partition coefficient (Wildman–Crippen LogP) is 4.37. The minimum Gasteiger partial charge on any atom is -0.314 e. The van der Waals surface area contributed by atoms with E-state index in [1.54, 1.807) is 0 Å². The highest BCUT2D eigenvalue weighted by molar-refractivity contribution is 4.84. The van der Waals surface area contributed by atoms with Gasteiger partial charge in [0.05, 0.1) is 0 Å². The van der Waals surface area contributed by atoms with E-state index in [1.807, 2.05) is 0 Å². The molecule has 3 atom stereocenters. The number of hydrogen-bond acceptors (Lipinski definition) is 1. The van der Waals surface area contributed by atoms with Crippen LogP contribution in [0, 0.1) is 11.8 Å². The summed E-state index contributed by atoms with van der Waals surface area (Å²) in [5, 5.41) is 3.75. The van der Waals surface area contributed by atoms with Crippen molar-refractivity contribution in [2.45, 2.75) is 78.2 Å². The van der Waals surface area contributed by atoms with Crippen molar-refractivity contribution in [1.82, 2.24) is 5.32 Å². The second-order valence-electron chi connectivity index (χ2n) is 5.42. The van der Waals surface area contributed by atoms with Gasteiger partial charge in [-0.15, -0.1) is 0 Å². The van der Waals surface area contributed by atoms with Crippen LogP contribution in [0.15, 0.2) is 0 Å². The Balaban J connectivity index is 2.51. The molecule has 1 nitrogen and oxygen atoms in total. The largest absolute Gasteiger partial charge is 0.314 e. The third-order valence-corrected chi connectivity index (χ3v) is 4.34. The van der Waals surface area contributed by atoms with E-state index in [1.165, 1.54) is 51.4 Å². The first kappa shape index (κ1) is 14.0. The second-order valence-corrected chi connectivity index (χ2v) is 5.42. The lowest BCUT2D eigenvalue weighted by atomic mass is 9.73. The Hall–Kier alpha value is -0.0400. The molecule has 0 radical (unpaired) electrons. The maximum atomic E-state index is 3.75. The van der Waals surface area contributed by atoms with Gasteiger partial charge in [0.15, 0.2) is 0 Å². The fourth-order valence-corrected chi connectivity index (χ4v) is 3.43. The fraction of sp³-hybridized carbons (Fsp3) is 1.00. The predicted molar refractivity (Wildman–Crippen MR) is 72.7 cm³/mol. The summed E-state index contributed by atoms with van der Waals surface area (Å²) in [6, 6.07) is 0.801. The number of rotatable bonds is 7. The molecule has 3 unspecified atom stereocenters. The van der Waals surface area contributed by atoms with E-state index >= 15 is 0 Å². The fourth-order valence-electron chi connectivity index (χ4n) is 3.43. The lowest BCUT2D eigenvalue weighted by Crippen LogP contribution is -2.41. The van der Waals surface area contributed by atoms with Crippen LogP contribution in [-0.2, 0) is 0 Å². The van der Waals surface area contributed by atoms with Gasteiger partial charge in [-0.1, -0.05) is 59.3 Å². The smallest absolute Gasteiger partial charge is 0.00978 e. The number of unbranched alkanes of at least 4 members (excludes halogenated alkanes) is 1. The molecular weight excluding hydrogens is 194 g/mol. The molecule has 96 valence electrons. The average molecular weight is 225 g/mol. The minimum absolute atomic E-state index is 0.801. The Morgan fingerprint density at radius 1 is 1.12 bits per heavy atom. The standard InChI is InChI=1S/C15H31N/c1-4-7-12-15(16-6-3)14-11-9-8-10-13(14)5-2/h13-16H,4-12H2,1-3H3. The lowest BCUT2D eigenvalue weighted by Gasteiger charge is -2.37. The number of nitrogens with one attached hydrogen (secondary N) is 1. The van der Waals surface area contributed by atoms with Crippen LogP contribution in [0.5, 0.6) is 0 Å². The van der Waals surface area contributed by atoms with Gasteiger partial charge in [-0.3, -0.25) is 0 Å². The van der Waals surface area contributed by atoms with Crippen molar-refractivity contribution in [1.29, 1.82) is 0 Å². The van der Waals surface area contributed by atoms with E-state index in [0.29, 0.717) is 0 Å². The molecule has 1 heteroatoms. The van der Waals surface area contributed by atoms with Crippen LogP contribution < -0.4 is 5.32 Å². The van der Waals surface area contributed by atoms with Crippen molar-refractivity contribution in [2.75, 3.05) is 6.54 Å². The molecule has 1 fully saturated rings. The van der Waals surface area contributed by atoms with Crippen LogP contribution in [0.3, 0.4) is 0 Å². The molecule has 1 saturated carbocycles. The van der Waals surface area contributed by atoms with Crippen LogP contribution >= 0.6 is 0 Å². The van der Waals surface area contributed by atoms with Crippen LogP contribution in [0.25, 0.3) is 0 Å². The van der Waals surface area contributed by atoms with E-state index in [-0.39, 0.29) is 0 Å². The van der Waals surface area contributed by atoms with Crippen molar-refractivity contribution < 1.29 is 0 Å². The van der Waals surface area contributed by atoms with Gasteiger partial charge in [-0.25, -0.2) is 0 Å². The van der Waals surface area contributed by atoms with Gasteiger partial charge in [-0.2, -0.15) is 0 Å². The van der Waals surface area contributed by atoms with Crippen molar-refractivity contribution in [3.05, 3.63) is 0 Å². The summed E-state index contributed by atoms with van der Waals surface area (Å²) in [7, 11) is 0. The monoisotopic (exact) mass is 225 g/mol. The van der Waals surface area contributed by atoms with Crippen molar-refractivity contribution in [3.8, 4) is 0 Å². The van der Waals surface area contributed by atoms with Gasteiger partial charge in [0.2, 0.25) is 0 Å². The van der Waals surface area contributed by atoms with Crippen LogP contribution in [0.2, 0.25) is 0 Å². The van der Waals surface area contributed by atoms with Crippen LogP contribution in [0.1, 0.15) is 72.1 Å². The molecule has 1 rings (SSSR count). The zero-order valence-corrected chi connectivity index (χ0v) is 11.6. The van der Waals surface area contributed by atoms with Gasteiger partial charge < -0.3 is 5.32 Å². The Labute approximate surface area is 102 Å². The molecule has 1 N–H and O–H groups in total. The molecule has 0 spiro atoms. The van der Waals surface area contributed by atoms with E-state index < -0.39 is 0 Å². The van der Waals surface area contributed by atoms with E-state index in [0.717, 1.165) is 24.4 Å². The van der Waals surface area contributed by atoms with Gasteiger partial charge in [-0.05, 0) is 31.2 Å². The summed E-state index contributed by atoms with van der Waals surface area (Å²) in [4.78, 5) is 0. The summed E-state index contributed by atoms with van der Waals surface area (Å²) in [6.45, 7) is 8.08. The second kappa shape index (κ2) is 8.11. The third-order valence-electron chi connectivity index (χ3n) is 4.34. The van der Waals surface area contributed by atoms with Crippen molar-refractivity contribution in [3.63, 3.8) is 0 Å². The van der Waals surface area contributed by atoms with Gasteiger partial charge >= 0.3 is 0 Å². The molecule has 0 bridgehead atoms. The van der Waals surface area contributed by atoms with Crippen LogP contribution in [0.4, 0.5) is 0 Å². The zero-order valence-electron chi connectivity index (χ0n) is 11.6. The third kappa shape index (κ3) is 4.08. The summed E-state index contributed by atoms with van der Waals surface area (Å²) in [6.07, 6.45) is 11.4. The first-order valence-electron chi connectivity index (χ1n) is 7.56. The Morgan fingerprint density at radius 2 is 1.88 bits per heavy atom.